The van der Waals surface area contributed by atoms with Crippen LogP contribution in [0, 0.1) is 0 Å². The number of benzene rings is 1. The van der Waals surface area contributed by atoms with E-state index in [1.807, 2.05) is 6.07 Å². The van der Waals surface area contributed by atoms with Crippen LogP contribution in [0.15, 0.2) is 23.9 Å². The van der Waals surface area contributed by atoms with E-state index in [-0.39, 0.29) is 16.9 Å². The van der Waals surface area contributed by atoms with Crippen LogP contribution in [-0.4, -0.2) is 18.3 Å². The highest BCUT2D eigenvalue weighted by Gasteiger charge is 2.39. The van der Waals surface area contributed by atoms with Crippen LogP contribution in [-0.2, 0) is 11.8 Å². The van der Waals surface area contributed by atoms with Gasteiger partial charge in [-0.2, -0.15) is 0 Å². The largest absolute Gasteiger partial charge is 0.504 e. The fourth-order valence-corrected chi connectivity index (χ4v) is 9.91. The summed E-state index contributed by atoms with van der Waals surface area (Å²) >= 11 is 0. The molecular formula is C22H38O2Si. The first-order chi connectivity index (χ1) is 11.3. The molecule has 25 heavy (non-hydrogen) atoms. The van der Waals surface area contributed by atoms with Crippen molar-refractivity contribution < 1.29 is 10.2 Å². The normalized spacial score (nSPS) is 13.6. The molecule has 0 unspecified atom stereocenters. The Kier molecular flexibility index (Phi) is 6.97. The van der Waals surface area contributed by atoms with E-state index in [4.69, 9.17) is 0 Å². The summed E-state index contributed by atoms with van der Waals surface area (Å²) in [5.74, 6) is -0.000491. The molecule has 0 atom stereocenters. The van der Waals surface area contributed by atoms with Crippen LogP contribution < -0.4 is 0 Å². The van der Waals surface area contributed by atoms with Crippen molar-refractivity contribution in [2.75, 3.05) is 0 Å². The minimum atomic E-state index is -1.59. The van der Waals surface area contributed by atoms with Gasteiger partial charge in [-0.05, 0) is 40.1 Å². The first-order valence-corrected chi connectivity index (χ1v) is 11.9. The quantitative estimate of drug-likeness (QED) is 0.436. The Morgan fingerprint density at radius 1 is 0.920 bits per heavy atom. The summed E-state index contributed by atoms with van der Waals surface area (Å²) in [5, 5.41) is 20.4. The molecule has 1 aromatic carbocycles. The second-order valence-electron chi connectivity index (χ2n) is 9.32. The summed E-state index contributed by atoms with van der Waals surface area (Å²) in [7, 11) is -1.59. The minimum absolute atomic E-state index is 0.0172. The maximum absolute atomic E-state index is 10.3. The maximum Gasteiger partial charge on any atom is 0.161 e. The number of rotatable bonds is 6. The lowest BCUT2D eigenvalue weighted by Crippen LogP contribution is -2.42. The molecule has 142 valence electrons. The predicted molar refractivity (Wildman–Crippen MR) is 112 cm³/mol. The van der Waals surface area contributed by atoms with Gasteiger partial charge < -0.3 is 10.2 Å². The highest BCUT2D eigenvalue weighted by atomic mass is 28.3. The summed E-state index contributed by atoms with van der Waals surface area (Å²) in [5.41, 5.74) is 6.29. The van der Waals surface area contributed by atoms with E-state index in [1.165, 1.54) is 0 Å². The molecule has 0 bridgehead atoms. The van der Waals surface area contributed by atoms with E-state index in [9.17, 15) is 10.2 Å². The van der Waals surface area contributed by atoms with Gasteiger partial charge in [0.15, 0.2) is 11.5 Å². The number of hydrogen-bond donors (Lipinski definition) is 2. The van der Waals surface area contributed by atoms with Crippen LogP contribution in [0.1, 0.15) is 73.4 Å². The van der Waals surface area contributed by atoms with Crippen molar-refractivity contribution in [3.05, 3.63) is 35.0 Å². The number of allylic oxidation sites excluding steroid dienone is 1. The van der Waals surface area contributed by atoms with Crippen molar-refractivity contribution in [3.8, 4) is 11.5 Å². The van der Waals surface area contributed by atoms with E-state index < -0.39 is 8.07 Å². The minimum Gasteiger partial charge on any atom is -0.504 e. The molecule has 1 aromatic rings. The molecule has 0 aliphatic heterocycles. The molecule has 0 heterocycles. The van der Waals surface area contributed by atoms with Gasteiger partial charge in [0.05, 0.1) is 8.07 Å². The van der Waals surface area contributed by atoms with Gasteiger partial charge in [-0.15, -0.1) is 0 Å². The van der Waals surface area contributed by atoms with Crippen molar-refractivity contribution >= 4 is 8.07 Å². The van der Waals surface area contributed by atoms with Gasteiger partial charge >= 0.3 is 0 Å². The second kappa shape index (κ2) is 7.99. The summed E-state index contributed by atoms with van der Waals surface area (Å²) < 4.78 is 0. The van der Waals surface area contributed by atoms with Crippen LogP contribution in [0.4, 0.5) is 0 Å². The molecule has 0 fully saturated rings. The predicted octanol–water partition coefficient (Wildman–Crippen LogP) is 6.71. The van der Waals surface area contributed by atoms with Crippen LogP contribution >= 0.6 is 0 Å². The van der Waals surface area contributed by atoms with Crippen molar-refractivity contribution in [1.29, 1.82) is 0 Å². The molecular weight excluding hydrogens is 324 g/mol. The highest BCUT2D eigenvalue weighted by molar-refractivity contribution is 6.87. The lowest BCUT2D eigenvalue weighted by atomic mass is 9.85. The summed E-state index contributed by atoms with van der Waals surface area (Å²) in [6.07, 6.45) is 2.89. The molecule has 1 rings (SSSR count). The van der Waals surface area contributed by atoms with Gasteiger partial charge in [0.2, 0.25) is 0 Å². The molecule has 0 aliphatic rings. The summed E-state index contributed by atoms with van der Waals surface area (Å²) in [4.78, 5) is 0. The number of phenolic OH excluding ortho intramolecular Hbond substituents is 2. The average Bonchev–Trinajstić information content (AvgIpc) is 2.45. The topological polar surface area (TPSA) is 40.5 Å². The van der Waals surface area contributed by atoms with Crippen LogP contribution in [0.2, 0.25) is 16.6 Å². The fourth-order valence-electron chi connectivity index (χ4n) is 4.23. The zero-order valence-corrected chi connectivity index (χ0v) is 18.6. The molecule has 0 aliphatic carbocycles. The average molecular weight is 363 g/mol. The van der Waals surface area contributed by atoms with E-state index in [1.54, 1.807) is 6.07 Å². The van der Waals surface area contributed by atoms with Gasteiger partial charge in [-0.3, -0.25) is 0 Å². The molecule has 3 heteroatoms. The maximum atomic E-state index is 10.3. The SMILES string of the molecule is CC(C)[Si](/C=C/Cc1cc(C(C)(C)C)cc(O)c1O)(C(C)C)C(C)C. The van der Waals surface area contributed by atoms with Crippen LogP contribution in [0.25, 0.3) is 0 Å². The smallest absolute Gasteiger partial charge is 0.161 e. The van der Waals surface area contributed by atoms with Gasteiger partial charge in [-0.25, -0.2) is 0 Å². The lowest BCUT2D eigenvalue weighted by Gasteiger charge is -2.40. The molecule has 2 nitrogen and oxygen atoms in total. The molecule has 0 radical (unpaired) electrons. The molecule has 0 saturated heterocycles. The number of aromatic hydroxyl groups is 2. The van der Waals surface area contributed by atoms with Gasteiger partial charge in [0.25, 0.3) is 0 Å². The molecule has 0 spiro atoms. The Balaban J connectivity index is 3.22. The van der Waals surface area contributed by atoms with Crippen LogP contribution in [0.3, 0.4) is 0 Å². The third kappa shape index (κ3) is 4.69. The highest BCUT2D eigenvalue weighted by Crippen LogP contribution is 2.42. The Bertz CT molecular complexity index is 585. The summed E-state index contributed by atoms with van der Waals surface area (Å²) in [6, 6.07) is 3.71. The first-order valence-electron chi connectivity index (χ1n) is 9.57. The van der Waals surface area contributed by atoms with E-state index in [0.29, 0.717) is 23.0 Å². The van der Waals surface area contributed by atoms with E-state index in [2.05, 4.69) is 74.1 Å². The number of hydrogen-bond acceptors (Lipinski definition) is 2. The monoisotopic (exact) mass is 362 g/mol. The van der Waals surface area contributed by atoms with E-state index in [0.717, 1.165) is 11.1 Å². The third-order valence-electron chi connectivity index (χ3n) is 5.78. The Labute approximate surface area is 156 Å². The van der Waals surface area contributed by atoms with Crippen molar-refractivity contribution in [3.63, 3.8) is 0 Å². The molecule has 0 saturated carbocycles. The zero-order chi connectivity index (χ0) is 19.6. The van der Waals surface area contributed by atoms with E-state index >= 15 is 0 Å². The van der Waals surface area contributed by atoms with Crippen molar-refractivity contribution in [1.82, 2.24) is 0 Å². The Morgan fingerprint density at radius 2 is 1.40 bits per heavy atom. The lowest BCUT2D eigenvalue weighted by molar-refractivity contribution is 0.398. The standard InChI is InChI=1S/C22H38O2Si/c1-15(2)25(16(3)4,17(5)6)12-10-11-18-13-19(22(7,8)9)14-20(23)21(18)24/h10,12-17,23-24H,11H2,1-9H3/b12-10+. The first kappa shape index (κ1) is 21.8. The van der Waals surface area contributed by atoms with Crippen LogP contribution in [0.5, 0.6) is 11.5 Å². The van der Waals surface area contributed by atoms with Gasteiger partial charge in [0.1, 0.15) is 0 Å². The molecule has 0 amide bonds. The fraction of sp³-hybridized carbons (Fsp3) is 0.636. The third-order valence-corrected chi connectivity index (χ3v) is 12.6. The zero-order valence-electron chi connectivity index (χ0n) is 17.6. The second-order valence-corrected chi connectivity index (χ2v) is 15.1. The van der Waals surface area contributed by atoms with Gasteiger partial charge in [-0.1, -0.05) is 80.2 Å². The van der Waals surface area contributed by atoms with Crippen molar-refractivity contribution in [2.24, 2.45) is 0 Å². The van der Waals surface area contributed by atoms with Crippen molar-refractivity contribution in [2.45, 2.75) is 90.8 Å². The molecule has 2 N–H and O–H groups in total. The Hall–Kier alpha value is -1.22. The Morgan fingerprint density at radius 3 is 1.80 bits per heavy atom. The number of phenols is 2. The van der Waals surface area contributed by atoms with Gasteiger partial charge in [0, 0.05) is 5.56 Å². The summed E-state index contributed by atoms with van der Waals surface area (Å²) in [6.45, 7) is 20.4. The molecule has 0 aromatic heterocycles.